The molecule has 0 atom stereocenters. The molecule has 0 saturated heterocycles. The zero-order valence-corrected chi connectivity index (χ0v) is 9.70. The van der Waals surface area contributed by atoms with Crippen LogP contribution in [-0.4, -0.2) is 19.7 Å². The number of nitrogens with one attached hydrogen (secondary N) is 1. The van der Waals surface area contributed by atoms with Crippen LogP contribution in [0.4, 0.5) is 5.95 Å². The first kappa shape index (κ1) is 10.3. The molecule has 6 nitrogen and oxygen atoms in total. The molecule has 0 bridgehead atoms. The number of aromatic nitrogens is 4. The summed E-state index contributed by atoms with van der Waals surface area (Å²) in [4.78, 5) is 8.04. The molecule has 3 N–H and O–H groups in total. The van der Waals surface area contributed by atoms with Gasteiger partial charge in [-0.2, -0.15) is 10.1 Å². The highest BCUT2D eigenvalue weighted by Crippen LogP contribution is 2.19. The number of rotatable bonds is 2. The van der Waals surface area contributed by atoms with Gasteiger partial charge in [-0.1, -0.05) is 11.6 Å². The minimum Gasteiger partial charge on any atom is -0.292 e. The molecule has 0 fully saturated rings. The average Bonchev–Trinajstić information content (AvgIpc) is 2.65. The molecule has 0 spiro atoms. The standard InChI is InChI=1S/C7H6BrClN6/c8-5-2-11-7(14-10)13-6(5)15-3-4(9)1-12-15/h1-3H,10H2,(H,11,13,14). The number of anilines is 1. The van der Waals surface area contributed by atoms with Crippen LogP contribution in [0.2, 0.25) is 5.02 Å². The van der Waals surface area contributed by atoms with Crippen molar-refractivity contribution in [3.8, 4) is 5.82 Å². The van der Waals surface area contributed by atoms with Gasteiger partial charge in [-0.15, -0.1) is 0 Å². The van der Waals surface area contributed by atoms with Gasteiger partial charge in [0, 0.05) is 6.20 Å². The van der Waals surface area contributed by atoms with Gasteiger partial charge < -0.3 is 0 Å². The summed E-state index contributed by atoms with van der Waals surface area (Å²) in [6, 6.07) is 0. The van der Waals surface area contributed by atoms with Crippen LogP contribution in [0.25, 0.3) is 5.82 Å². The monoisotopic (exact) mass is 288 g/mol. The zero-order valence-electron chi connectivity index (χ0n) is 7.35. The fourth-order valence-electron chi connectivity index (χ4n) is 1.01. The molecule has 2 rings (SSSR count). The predicted molar refractivity (Wildman–Crippen MR) is 59.7 cm³/mol. The Bertz CT molecular complexity index is 484. The predicted octanol–water partition coefficient (Wildman–Crippen LogP) is 1.36. The van der Waals surface area contributed by atoms with Gasteiger partial charge in [-0.05, 0) is 15.9 Å². The second kappa shape index (κ2) is 4.13. The minimum absolute atomic E-state index is 0.305. The van der Waals surface area contributed by atoms with E-state index in [1.165, 1.54) is 10.9 Å². The summed E-state index contributed by atoms with van der Waals surface area (Å²) in [7, 11) is 0. The quantitative estimate of drug-likeness (QED) is 0.644. The smallest absolute Gasteiger partial charge is 0.239 e. The van der Waals surface area contributed by atoms with E-state index in [0.717, 1.165) is 0 Å². The molecule has 8 heteroatoms. The Labute approximate surface area is 98.6 Å². The van der Waals surface area contributed by atoms with E-state index < -0.39 is 0 Å². The van der Waals surface area contributed by atoms with Gasteiger partial charge in [-0.3, -0.25) is 5.43 Å². The van der Waals surface area contributed by atoms with E-state index in [2.05, 4.69) is 36.4 Å². The van der Waals surface area contributed by atoms with Gasteiger partial charge in [0.1, 0.15) is 0 Å². The van der Waals surface area contributed by atoms with E-state index >= 15 is 0 Å². The van der Waals surface area contributed by atoms with Crippen molar-refractivity contribution in [3.05, 3.63) is 28.1 Å². The highest BCUT2D eigenvalue weighted by atomic mass is 79.9. The maximum absolute atomic E-state index is 5.75. The summed E-state index contributed by atoms with van der Waals surface area (Å²) < 4.78 is 2.22. The average molecular weight is 290 g/mol. The van der Waals surface area contributed by atoms with E-state index in [0.29, 0.717) is 21.3 Å². The van der Waals surface area contributed by atoms with Gasteiger partial charge in [-0.25, -0.2) is 15.5 Å². The molecule has 2 aromatic rings. The van der Waals surface area contributed by atoms with Crippen LogP contribution in [0.1, 0.15) is 0 Å². The Hall–Kier alpha value is -1.18. The maximum atomic E-state index is 5.75. The van der Waals surface area contributed by atoms with Crippen molar-refractivity contribution < 1.29 is 0 Å². The number of halogens is 2. The molecule has 0 amide bonds. The van der Waals surface area contributed by atoms with Gasteiger partial charge in [0.25, 0.3) is 0 Å². The van der Waals surface area contributed by atoms with E-state index in [1.807, 2.05) is 0 Å². The van der Waals surface area contributed by atoms with Crippen molar-refractivity contribution in [2.45, 2.75) is 0 Å². The highest BCUT2D eigenvalue weighted by Gasteiger charge is 2.07. The van der Waals surface area contributed by atoms with Crippen molar-refractivity contribution in [2.75, 3.05) is 5.43 Å². The van der Waals surface area contributed by atoms with Gasteiger partial charge in [0.15, 0.2) is 5.82 Å². The Morgan fingerprint density at radius 2 is 2.27 bits per heavy atom. The minimum atomic E-state index is 0.305. The number of nitrogen functional groups attached to an aromatic ring is 1. The fourth-order valence-corrected chi connectivity index (χ4v) is 1.51. The van der Waals surface area contributed by atoms with E-state index in [4.69, 9.17) is 17.4 Å². The number of nitrogens with zero attached hydrogens (tertiary/aromatic N) is 4. The van der Waals surface area contributed by atoms with Crippen molar-refractivity contribution in [1.29, 1.82) is 0 Å². The molecule has 2 heterocycles. The van der Waals surface area contributed by atoms with Crippen LogP contribution in [-0.2, 0) is 0 Å². The Balaban J connectivity index is 2.51. The second-order valence-corrected chi connectivity index (χ2v) is 3.90. The largest absolute Gasteiger partial charge is 0.292 e. The number of hydrogen-bond acceptors (Lipinski definition) is 5. The Kier molecular flexibility index (Phi) is 2.85. The number of hydrogen-bond donors (Lipinski definition) is 2. The summed E-state index contributed by atoms with van der Waals surface area (Å²) in [6.45, 7) is 0. The van der Waals surface area contributed by atoms with Crippen molar-refractivity contribution in [3.63, 3.8) is 0 Å². The third kappa shape index (κ3) is 2.09. The van der Waals surface area contributed by atoms with Crippen LogP contribution >= 0.6 is 27.5 Å². The van der Waals surface area contributed by atoms with E-state index in [-0.39, 0.29) is 0 Å². The third-order valence-corrected chi connectivity index (χ3v) is 2.38. The first-order valence-electron chi connectivity index (χ1n) is 3.90. The zero-order chi connectivity index (χ0) is 10.8. The van der Waals surface area contributed by atoms with Gasteiger partial charge in [0.2, 0.25) is 5.95 Å². The molecule has 0 aliphatic rings. The molecule has 0 aliphatic heterocycles. The maximum Gasteiger partial charge on any atom is 0.239 e. The Morgan fingerprint density at radius 3 is 2.87 bits per heavy atom. The molecule has 0 aromatic carbocycles. The van der Waals surface area contributed by atoms with Gasteiger partial charge >= 0.3 is 0 Å². The SMILES string of the molecule is NNc1ncc(Br)c(-n2cc(Cl)cn2)n1. The normalized spacial score (nSPS) is 10.3. The van der Waals surface area contributed by atoms with E-state index in [9.17, 15) is 0 Å². The summed E-state index contributed by atoms with van der Waals surface area (Å²) in [5.41, 5.74) is 2.35. The number of hydrazine groups is 1. The molecular weight excluding hydrogens is 283 g/mol. The van der Waals surface area contributed by atoms with Crippen molar-refractivity contribution in [2.24, 2.45) is 5.84 Å². The summed E-state index contributed by atoms with van der Waals surface area (Å²) in [6.07, 6.45) is 4.73. The Morgan fingerprint density at radius 1 is 1.47 bits per heavy atom. The summed E-state index contributed by atoms with van der Waals surface area (Å²) in [5.74, 6) is 6.07. The van der Waals surface area contributed by atoms with E-state index in [1.54, 1.807) is 12.4 Å². The first-order chi connectivity index (χ1) is 7.20. The molecule has 2 aromatic heterocycles. The van der Waals surface area contributed by atoms with Gasteiger partial charge in [0.05, 0.1) is 21.9 Å². The lowest BCUT2D eigenvalue weighted by Crippen LogP contribution is -2.12. The number of nitrogens with two attached hydrogens (primary N) is 1. The molecule has 15 heavy (non-hydrogen) atoms. The molecule has 0 unspecified atom stereocenters. The molecule has 0 radical (unpaired) electrons. The summed E-state index contributed by atoms with van der Waals surface area (Å²) >= 11 is 9.06. The fraction of sp³-hybridized carbons (Fsp3) is 0. The molecule has 0 aliphatic carbocycles. The first-order valence-corrected chi connectivity index (χ1v) is 5.07. The third-order valence-electron chi connectivity index (χ3n) is 1.62. The lowest BCUT2D eigenvalue weighted by Gasteiger charge is -2.04. The molecule has 0 saturated carbocycles. The van der Waals surface area contributed by atoms with Crippen LogP contribution in [0.3, 0.4) is 0 Å². The van der Waals surface area contributed by atoms with Crippen molar-refractivity contribution >= 4 is 33.5 Å². The van der Waals surface area contributed by atoms with Crippen LogP contribution < -0.4 is 11.3 Å². The van der Waals surface area contributed by atoms with Crippen molar-refractivity contribution in [1.82, 2.24) is 19.7 Å². The lowest BCUT2D eigenvalue weighted by molar-refractivity contribution is 0.834. The second-order valence-electron chi connectivity index (χ2n) is 2.61. The van der Waals surface area contributed by atoms with Crippen LogP contribution in [0.15, 0.2) is 23.1 Å². The summed E-state index contributed by atoms with van der Waals surface area (Å²) in [5, 5.41) is 4.55. The van der Waals surface area contributed by atoms with Crippen LogP contribution in [0, 0.1) is 0 Å². The lowest BCUT2D eigenvalue weighted by atomic mass is 10.6. The molecule has 78 valence electrons. The highest BCUT2D eigenvalue weighted by molar-refractivity contribution is 9.10. The topological polar surface area (TPSA) is 81.6 Å². The van der Waals surface area contributed by atoms with Crippen LogP contribution in [0.5, 0.6) is 0 Å². The molecular formula is C7H6BrClN6.